The SMILES string of the molecule is COc1cc(OC)c(OC)cc1CN1CCNCC1. The van der Waals surface area contributed by atoms with Gasteiger partial charge < -0.3 is 19.5 Å². The molecule has 0 amide bonds. The lowest BCUT2D eigenvalue weighted by Gasteiger charge is -2.28. The highest BCUT2D eigenvalue weighted by Gasteiger charge is 2.16. The highest BCUT2D eigenvalue weighted by molar-refractivity contribution is 5.50. The molecule has 5 heteroatoms. The fourth-order valence-corrected chi connectivity index (χ4v) is 2.33. The van der Waals surface area contributed by atoms with Gasteiger partial charge >= 0.3 is 0 Å². The van der Waals surface area contributed by atoms with Crippen molar-refractivity contribution >= 4 is 0 Å². The Morgan fingerprint density at radius 2 is 1.53 bits per heavy atom. The first kappa shape index (κ1) is 14.0. The minimum Gasteiger partial charge on any atom is -0.496 e. The molecule has 106 valence electrons. The van der Waals surface area contributed by atoms with E-state index in [1.54, 1.807) is 21.3 Å². The summed E-state index contributed by atoms with van der Waals surface area (Å²) >= 11 is 0. The van der Waals surface area contributed by atoms with E-state index in [-0.39, 0.29) is 0 Å². The minimum atomic E-state index is 0.698. The van der Waals surface area contributed by atoms with E-state index in [4.69, 9.17) is 14.2 Å². The third kappa shape index (κ3) is 3.30. The quantitative estimate of drug-likeness (QED) is 0.865. The van der Waals surface area contributed by atoms with E-state index in [9.17, 15) is 0 Å². The molecule has 1 heterocycles. The summed E-state index contributed by atoms with van der Waals surface area (Å²) in [6.07, 6.45) is 0. The van der Waals surface area contributed by atoms with E-state index in [1.165, 1.54) is 0 Å². The van der Waals surface area contributed by atoms with Gasteiger partial charge in [-0.25, -0.2) is 0 Å². The number of hydrogen-bond donors (Lipinski definition) is 1. The summed E-state index contributed by atoms with van der Waals surface area (Å²) in [6.45, 7) is 5.05. The van der Waals surface area contributed by atoms with Gasteiger partial charge in [-0.05, 0) is 6.07 Å². The van der Waals surface area contributed by atoms with Crippen LogP contribution in [0.2, 0.25) is 0 Å². The molecule has 1 aromatic carbocycles. The lowest BCUT2D eigenvalue weighted by Crippen LogP contribution is -2.42. The van der Waals surface area contributed by atoms with Crippen LogP contribution in [-0.4, -0.2) is 52.4 Å². The minimum absolute atomic E-state index is 0.698. The van der Waals surface area contributed by atoms with Crippen LogP contribution in [0, 0.1) is 0 Å². The number of rotatable bonds is 5. The van der Waals surface area contributed by atoms with Crippen molar-refractivity contribution in [2.75, 3.05) is 47.5 Å². The molecule has 1 aromatic rings. The zero-order valence-corrected chi connectivity index (χ0v) is 11.9. The molecule has 0 aromatic heterocycles. The molecule has 2 rings (SSSR count). The van der Waals surface area contributed by atoms with Gasteiger partial charge in [0, 0.05) is 44.4 Å². The van der Waals surface area contributed by atoms with Crippen molar-refractivity contribution in [3.63, 3.8) is 0 Å². The van der Waals surface area contributed by atoms with Crippen LogP contribution in [0.4, 0.5) is 0 Å². The smallest absolute Gasteiger partial charge is 0.164 e. The Morgan fingerprint density at radius 1 is 0.947 bits per heavy atom. The Labute approximate surface area is 114 Å². The predicted molar refractivity (Wildman–Crippen MR) is 74.2 cm³/mol. The number of nitrogens with zero attached hydrogens (tertiary/aromatic N) is 1. The Kier molecular flexibility index (Phi) is 4.87. The molecule has 19 heavy (non-hydrogen) atoms. The largest absolute Gasteiger partial charge is 0.496 e. The topological polar surface area (TPSA) is 43.0 Å². The van der Waals surface area contributed by atoms with E-state index in [0.717, 1.165) is 49.8 Å². The van der Waals surface area contributed by atoms with E-state index >= 15 is 0 Å². The first-order valence-electron chi connectivity index (χ1n) is 6.50. The molecule has 1 saturated heterocycles. The van der Waals surface area contributed by atoms with Gasteiger partial charge in [0.25, 0.3) is 0 Å². The molecule has 1 N–H and O–H groups in total. The zero-order valence-electron chi connectivity index (χ0n) is 11.9. The molecule has 0 saturated carbocycles. The van der Waals surface area contributed by atoms with E-state index in [2.05, 4.69) is 10.2 Å². The van der Waals surface area contributed by atoms with E-state index in [0.29, 0.717) is 5.75 Å². The van der Waals surface area contributed by atoms with Crippen molar-refractivity contribution in [2.24, 2.45) is 0 Å². The lowest BCUT2D eigenvalue weighted by atomic mass is 10.1. The summed E-state index contributed by atoms with van der Waals surface area (Å²) in [5, 5.41) is 3.35. The number of ether oxygens (including phenoxy) is 3. The molecule has 1 fully saturated rings. The number of hydrogen-bond acceptors (Lipinski definition) is 5. The van der Waals surface area contributed by atoms with Crippen LogP contribution >= 0.6 is 0 Å². The van der Waals surface area contributed by atoms with E-state index < -0.39 is 0 Å². The van der Waals surface area contributed by atoms with Gasteiger partial charge in [0.15, 0.2) is 11.5 Å². The standard InChI is InChI=1S/C14H22N2O3/c1-17-12-9-14(19-3)13(18-2)8-11(12)10-16-6-4-15-5-7-16/h8-9,15H,4-7,10H2,1-3H3. The predicted octanol–water partition coefficient (Wildman–Crippen LogP) is 1.12. The third-order valence-electron chi connectivity index (χ3n) is 3.39. The maximum Gasteiger partial charge on any atom is 0.164 e. The second-order valence-electron chi connectivity index (χ2n) is 4.55. The second kappa shape index (κ2) is 6.63. The molecule has 1 aliphatic rings. The Bertz CT molecular complexity index is 417. The fourth-order valence-electron chi connectivity index (χ4n) is 2.33. The first-order valence-corrected chi connectivity index (χ1v) is 6.50. The molecular weight excluding hydrogens is 244 g/mol. The van der Waals surface area contributed by atoms with Crippen molar-refractivity contribution in [1.29, 1.82) is 0 Å². The van der Waals surface area contributed by atoms with Gasteiger partial charge in [0.2, 0.25) is 0 Å². The Hall–Kier alpha value is -1.46. The van der Waals surface area contributed by atoms with Gasteiger partial charge in [-0.15, -0.1) is 0 Å². The normalized spacial score (nSPS) is 16.2. The maximum atomic E-state index is 5.45. The average molecular weight is 266 g/mol. The van der Waals surface area contributed by atoms with Crippen LogP contribution in [0.1, 0.15) is 5.56 Å². The molecule has 5 nitrogen and oxygen atoms in total. The van der Waals surface area contributed by atoms with Crippen molar-refractivity contribution in [3.8, 4) is 17.2 Å². The van der Waals surface area contributed by atoms with Crippen LogP contribution in [0.15, 0.2) is 12.1 Å². The number of methoxy groups -OCH3 is 3. The highest BCUT2D eigenvalue weighted by atomic mass is 16.5. The van der Waals surface area contributed by atoms with Gasteiger partial charge in [0.05, 0.1) is 21.3 Å². The summed E-state index contributed by atoms with van der Waals surface area (Å²) in [5.41, 5.74) is 1.13. The summed E-state index contributed by atoms with van der Waals surface area (Å²) in [5.74, 6) is 2.29. The summed E-state index contributed by atoms with van der Waals surface area (Å²) in [4.78, 5) is 2.40. The molecule has 0 aliphatic carbocycles. The second-order valence-corrected chi connectivity index (χ2v) is 4.55. The number of benzene rings is 1. The van der Waals surface area contributed by atoms with Crippen molar-refractivity contribution in [1.82, 2.24) is 10.2 Å². The van der Waals surface area contributed by atoms with Crippen LogP contribution in [0.5, 0.6) is 17.2 Å². The Balaban J connectivity index is 2.21. The monoisotopic (exact) mass is 266 g/mol. The average Bonchev–Trinajstić information content (AvgIpc) is 2.47. The van der Waals surface area contributed by atoms with Crippen molar-refractivity contribution in [2.45, 2.75) is 6.54 Å². The molecular formula is C14H22N2O3. The summed E-state index contributed by atoms with van der Waals surface area (Å²) < 4.78 is 16.1. The number of piperazine rings is 1. The maximum absolute atomic E-state index is 5.45. The third-order valence-corrected chi connectivity index (χ3v) is 3.39. The fraction of sp³-hybridized carbons (Fsp3) is 0.571. The summed E-state index contributed by atoms with van der Waals surface area (Å²) in [6, 6.07) is 3.88. The molecule has 1 aliphatic heterocycles. The molecule has 0 spiro atoms. The van der Waals surface area contributed by atoms with Gasteiger partial charge in [-0.1, -0.05) is 0 Å². The number of nitrogens with one attached hydrogen (secondary N) is 1. The van der Waals surface area contributed by atoms with Crippen molar-refractivity contribution in [3.05, 3.63) is 17.7 Å². The summed E-state index contributed by atoms with van der Waals surface area (Å²) in [7, 11) is 4.97. The van der Waals surface area contributed by atoms with E-state index in [1.807, 2.05) is 12.1 Å². The molecule has 0 atom stereocenters. The van der Waals surface area contributed by atoms with Crippen LogP contribution in [0.3, 0.4) is 0 Å². The molecule has 0 radical (unpaired) electrons. The van der Waals surface area contributed by atoms with Crippen LogP contribution < -0.4 is 19.5 Å². The van der Waals surface area contributed by atoms with Crippen LogP contribution in [-0.2, 0) is 6.54 Å². The van der Waals surface area contributed by atoms with Gasteiger partial charge in [0.1, 0.15) is 5.75 Å². The van der Waals surface area contributed by atoms with Crippen molar-refractivity contribution < 1.29 is 14.2 Å². The highest BCUT2D eigenvalue weighted by Crippen LogP contribution is 2.35. The Morgan fingerprint density at radius 3 is 2.11 bits per heavy atom. The molecule has 0 bridgehead atoms. The molecule has 0 unspecified atom stereocenters. The van der Waals surface area contributed by atoms with Crippen LogP contribution in [0.25, 0.3) is 0 Å². The first-order chi connectivity index (χ1) is 9.28. The van der Waals surface area contributed by atoms with Gasteiger partial charge in [-0.3, -0.25) is 4.90 Å². The lowest BCUT2D eigenvalue weighted by molar-refractivity contribution is 0.229. The zero-order chi connectivity index (χ0) is 13.7. The van der Waals surface area contributed by atoms with Gasteiger partial charge in [-0.2, -0.15) is 0 Å².